The Morgan fingerprint density at radius 2 is 1.92 bits per heavy atom. The molecule has 1 N–H and O–H groups in total. The summed E-state index contributed by atoms with van der Waals surface area (Å²) in [6.45, 7) is 6.70. The van der Waals surface area contributed by atoms with E-state index in [1.54, 1.807) is 12.1 Å². The Morgan fingerprint density at radius 3 is 2.46 bits per heavy atom. The van der Waals surface area contributed by atoms with Gasteiger partial charge in [-0.1, -0.05) is 0 Å². The van der Waals surface area contributed by atoms with E-state index in [1.165, 1.54) is 20.3 Å². The lowest BCUT2D eigenvalue weighted by Crippen LogP contribution is -2.24. The van der Waals surface area contributed by atoms with Gasteiger partial charge in [-0.25, -0.2) is 13.1 Å². The molecule has 1 aromatic heterocycles. The Labute approximate surface area is 142 Å². The second-order valence-electron chi connectivity index (χ2n) is 5.31. The Kier molecular flexibility index (Phi) is 5.51. The molecule has 2 aromatic rings. The van der Waals surface area contributed by atoms with Crippen molar-refractivity contribution in [3.8, 4) is 11.5 Å². The Balaban J connectivity index is 2.31. The van der Waals surface area contributed by atoms with Crippen molar-refractivity contribution in [1.29, 1.82) is 0 Å². The Morgan fingerprint density at radius 1 is 1.21 bits per heavy atom. The average molecular weight is 353 g/mol. The van der Waals surface area contributed by atoms with Crippen molar-refractivity contribution in [1.82, 2.24) is 14.5 Å². The highest BCUT2D eigenvalue weighted by molar-refractivity contribution is 7.89. The van der Waals surface area contributed by atoms with Crippen LogP contribution in [-0.4, -0.2) is 32.4 Å². The van der Waals surface area contributed by atoms with Gasteiger partial charge in [-0.05, 0) is 32.9 Å². The summed E-state index contributed by atoms with van der Waals surface area (Å²) in [5.41, 5.74) is 2.65. The number of hydrogen-bond acceptors (Lipinski definition) is 5. The zero-order chi connectivity index (χ0) is 17.9. The van der Waals surface area contributed by atoms with Crippen LogP contribution in [0.4, 0.5) is 0 Å². The second-order valence-corrected chi connectivity index (χ2v) is 7.04. The highest BCUT2D eigenvalue weighted by Crippen LogP contribution is 2.28. The molecular formula is C16H23N3O4S. The van der Waals surface area contributed by atoms with Crippen LogP contribution in [0.15, 0.2) is 23.1 Å². The van der Waals surface area contributed by atoms with Gasteiger partial charge in [0.05, 0.1) is 19.9 Å². The van der Waals surface area contributed by atoms with Gasteiger partial charge in [-0.2, -0.15) is 5.10 Å². The number of sulfonamides is 1. The van der Waals surface area contributed by atoms with Gasteiger partial charge in [0, 0.05) is 30.4 Å². The zero-order valence-electron chi connectivity index (χ0n) is 14.6. The van der Waals surface area contributed by atoms with Gasteiger partial charge in [-0.3, -0.25) is 4.68 Å². The van der Waals surface area contributed by atoms with E-state index in [-0.39, 0.29) is 17.2 Å². The van der Waals surface area contributed by atoms with Gasteiger partial charge in [0.15, 0.2) is 0 Å². The minimum absolute atomic E-state index is 0.0440. The fourth-order valence-corrected chi connectivity index (χ4v) is 3.71. The molecule has 0 radical (unpaired) electrons. The molecule has 0 amide bonds. The van der Waals surface area contributed by atoms with Crippen LogP contribution < -0.4 is 14.2 Å². The van der Waals surface area contributed by atoms with Crippen LogP contribution >= 0.6 is 0 Å². The normalized spacial score (nSPS) is 11.5. The van der Waals surface area contributed by atoms with Crippen molar-refractivity contribution < 1.29 is 17.9 Å². The predicted octanol–water partition coefficient (Wildman–Crippen LogP) is 2.02. The van der Waals surface area contributed by atoms with Gasteiger partial charge in [0.1, 0.15) is 16.4 Å². The van der Waals surface area contributed by atoms with Gasteiger partial charge in [0.2, 0.25) is 10.0 Å². The Bertz CT molecular complexity index is 828. The molecule has 1 aromatic carbocycles. The molecule has 0 atom stereocenters. The molecule has 0 aliphatic carbocycles. The second kappa shape index (κ2) is 7.23. The summed E-state index contributed by atoms with van der Waals surface area (Å²) in [6.07, 6.45) is 0. The number of aromatic nitrogens is 2. The first-order chi connectivity index (χ1) is 11.3. The third kappa shape index (κ3) is 3.54. The maximum absolute atomic E-state index is 12.7. The van der Waals surface area contributed by atoms with Crippen molar-refractivity contribution in [2.45, 2.75) is 38.8 Å². The average Bonchev–Trinajstić information content (AvgIpc) is 2.86. The van der Waals surface area contributed by atoms with Crippen molar-refractivity contribution in [2.75, 3.05) is 14.2 Å². The summed E-state index contributed by atoms with van der Waals surface area (Å²) in [7, 11) is -0.842. The number of methoxy groups -OCH3 is 2. The monoisotopic (exact) mass is 353 g/mol. The molecule has 0 fully saturated rings. The summed E-state index contributed by atoms with van der Waals surface area (Å²) in [6, 6.07) is 4.66. The maximum atomic E-state index is 12.7. The number of nitrogens with one attached hydrogen (secondary N) is 1. The maximum Gasteiger partial charge on any atom is 0.244 e. The van der Waals surface area contributed by atoms with E-state index in [9.17, 15) is 8.42 Å². The highest BCUT2D eigenvalue weighted by atomic mass is 32.2. The van der Waals surface area contributed by atoms with E-state index in [2.05, 4.69) is 9.82 Å². The molecule has 0 saturated heterocycles. The van der Waals surface area contributed by atoms with Crippen LogP contribution in [0.5, 0.6) is 11.5 Å². The lowest BCUT2D eigenvalue weighted by molar-refractivity contribution is 0.392. The van der Waals surface area contributed by atoms with Crippen molar-refractivity contribution in [3.63, 3.8) is 0 Å². The molecule has 0 aliphatic rings. The minimum atomic E-state index is -3.76. The molecule has 0 aliphatic heterocycles. The Hall–Kier alpha value is -2.06. The fourth-order valence-electron chi connectivity index (χ4n) is 2.54. The van der Waals surface area contributed by atoms with Crippen LogP contribution in [0, 0.1) is 13.8 Å². The zero-order valence-corrected chi connectivity index (χ0v) is 15.4. The van der Waals surface area contributed by atoms with E-state index < -0.39 is 10.0 Å². The third-order valence-corrected chi connectivity index (χ3v) is 5.35. The first-order valence-electron chi connectivity index (χ1n) is 7.58. The van der Waals surface area contributed by atoms with Gasteiger partial charge in [0.25, 0.3) is 0 Å². The molecule has 0 bridgehead atoms. The number of benzene rings is 1. The molecule has 7 nitrogen and oxygen atoms in total. The quantitative estimate of drug-likeness (QED) is 0.823. The van der Waals surface area contributed by atoms with E-state index >= 15 is 0 Å². The van der Waals surface area contributed by atoms with Crippen LogP contribution in [0.2, 0.25) is 0 Å². The van der Waals surface area contributed by atoms with Crippen LogP contribution in [0.3, 0.4) is 0 Å². The van der Waals surface area contributed by atoms with Gasteiger partial charge in [-0.15, -0.1) is 0 Å². The summed E-state index contributed by atoms with van der Waals surface area (Å²) in [4.78, 5) is 0.0440. The van der Waals surface area contributed by atoms with Gasteiger partial charge >= 0.3 is 0 Å². The van der Waals surface area contributed by atoms with E-state index in [4.69, 9.17) is 9.47 Å². The van der Waals surface area contributed by atoms with E-state index in [0.29, 0.717) is 5.75 Å². The highest BCUT2D eigenvalue weighted by Gasteiger charge is 2.22. The molecule has 0 spiro atoms. The molecule has 24 heavy (non-hydrogen) atoms. The first kappa shape index (κ1) is 18.3. The van der Waals surface area contributed by atoms with Crippen molar-refractivity contribution in [3.05, 3.63) is 35.2 Å². The molecule has 0 saturated carbocycles. The van der Waals surface area contributed by atoms with Gasteiger partial charge < -0.3 is 9.47 Å². The largest absolute Gasteiger partial charge is 0.497 e. The summed E-state index contributed by atoms with van der Waals surface area (Å²) < 4.78 is 40.1. The number of hydrogen-bond donors (Lipinski definition) is 1. The van der Waals surface area contributed by atoms with E-state index in [0.717, 1.165) is 23.5 Å². The standard InChI is InChI=1S/C16H23N3O4S/c1-6-19-12(3)14(11(2)18-19)10-17-24(20,21)16-9-13(22-4)7-8-15(16)23-5/h7-9,17H,6,10H2,1-5H3. The predicted molar refractivity (Wildman–Crippen MR) is 90.9 cm³/mol. The number of nitrogens with zero attached hydrogens (tertiary/aromatic N) is 2. The summed E-state index contributed by atoms with van der Waals surface area (Å²) in [5, 5.41) is 4.40. The number of ether oxygens (including phenoxy) is 2. The minimum Gasteiger partial charge on any atom is -0.497 e. The molecular weight excluding hydrogens is 330 g/mol. The molecule has 2 rings (SSSR count). The van der Waals surface area contributed by atoms with Crippen LogP contribution in [0.25, 0.3) is 0 Å². The number of aryl methyl sites for hydroxylation is 2. The molecule has 1 heterocycles. The summed E-state index contributed by atoms with van der Waals surface area (Å²) in [5.74, 6) is 0.711. The molecule has 0 unspecified atom stereocenters. The fraction of sp³-hybridized carbons (Fsp3) is 0.438. The first-order valence-corrected chi connectivity index (χ1v) is 9.07. The number of rotatable bonds is 7. The lowest BCUT2D eigenvalue weighted by Gasteiger charge is -2.12. The van der Waals surface area contributed by atoms with Crippen molar-refractivity contribution >= 4 is 10.0 Å². The smallest absolute Gasteiger partial charge is 0.244 e. The topological polar surface area (TPSA) is 82.5 Å². The lowest BCUT2D eigenvalue weighted by atomic mass is 10.2. The van der Waals surface area contributed by atoms with Crippen LogP contribution in [-0.2, 0) is 23.1 Å². The SMILES string of the molecule is CCn1nc(C)c(CNS(=O)(=O)c2cc(OC)ccc2OC)c1C. The van der Waals surface area contributed by atoms with Crippen LogP contribution in [0.1, 0.15) is 23.9 Å². The molecule has 132 valence electrons. The van der Waals surface area contributed by atoms with E-state index in [1.807, 2.05) is 25.5 Å². The summed E-state index contributed by atoms with van der Waals surface area (Å²) >= 11 is 0. The molecule has 8 heteroatoms. The third-order valence-electron chi connectivity index (χ3n) is 3.93. The van der Waals surface area contributed by atoms with Crippen molar-refractivity contribution in [2.24, 2.45) is 0 Å².